The van der Waals surface area contributed by atoms with Gasteiger partial charge < -0.3 is 18.9 Å². The van der Waals surface area contributed by atoms with Crippen LogP contribution in [0.1, 0.15) is 23.2 Å². The van der Waals surface area contributed by atoms with Crippen molar-refractivity contribution >= 4 is 5.91 Å². The Bertz CT molecular complexity index is 984. The molecule has 1 aliphatic rings. The third-order valence-corrected chi connectivity index (χ3v) is 4.70. The van der Waals surface area contributed by atoms with E-state index in [9.17, 15) is 9.18 Å². The normalized spacial score (nSPS) is 13.8. The van der Waals surface area contributed by atoms with Crippen LogP contribution in [0.25, 0.3) is 0 Å². The zero-order chi connectivity index (χ0) is 20.2. The van der Waals surface area contributed by atoms with Gasteiger partial charge in [0.25, 0.3) is 11.8 Å². The van der Waals surface area contributed by atoms with Crippen LogP contribution in [0.4, 0.5) is 4.39 Å². The number of carbonyl (C=O) groups excluding carboxylic acids is 1. The minimum absolute atomic E-state index is 0.0285. The number of rotatable bonds is 7. The molecule has 4 rings (SSSR count). The number of amides is 1. The first kappa shape index (κ1) is 18.9. The summed E-state index contributed by atoms with van der Waals surface area (Å²) in [5, 5.41) is 4.00. The molecule has 1 saturated heterocycles. The lowest BCUT2D eigenvalue weighted by atomic mass is 9.99. The van der Waals surface area contributed by atoms with Gasteiger partial charge in [0.15, 0.2) is 19.0 Å². The third-order valence-electron chi connectivity index (χ3n) is 4.70. The molecule has 29 heavy (non-hydrogen) atoms. The van der Waals surface area contributed by atoms with Gasteiger partial charge in [0, 0.05) is 13.1 Å². The fraction of sp³-hybridized carbons (Fsp3) is 0.286. The fourth-order valence-electron chi connectivity index (χ4n) is 2.96. The molecule has 0 radical (unpaired) electrons. The Morgan fingerprint density at radius 3 is 2.69 bits per heavy atom. The van der Waals surface area contributed by atoms with Crippen LogP contribution in [0.5, 0.6) is 11.5 Å². The number of hydrogen-bond acceptors (Lipinski definition) is 6. The predicted octanol–water partition coefficient (Wildman–Crippen LogP) is 3.10. The molecule has 1 aromatic heterocycles. The van der Waals surface area contributed by atoms with Gasteiger partial charge >= 0.3 is 0 Å². The number of halogens is 1. The molecule has 0 aliphatic carbocycles. The Hall–Kier alpha value is -3.42. The summed E-state index contributed by atoms with van der Waals surface area (Å²) in [4.78, 5) is 18.2. The zero-order valence-electron chi connectivity index (χ0n) is 15.9. The van der Waals surface area contributed by atoms with Gasteiger partial charge in [-0.2, -0.15) is 4.98 Å². The number of para-hydroxylation sites is 1. The molecule has 1 aliphatic heterocycles. The molecule has 0 spiro atoms. The van der Waals surface area contributed by atoms with E-state index in [1.807, 2.05) is 31.2 Å². The van der Waals surface area contributed by atoms with Gasteiger partial charge in [-0.05, 0) is 42.8 Å². The highest BCUT2D eigenvalue weighted by Crippen LogP contribution is 2.25. The fourth-order valence-corrected chi connectivity index (χ4v) is 2.96. The van der Waals surface area contributed by atoms with Crippen molar-refractivity contribution in [1.82, 2.24) is 15.0 Å². The summed E-state index contributed by atoms with van der Waals surface area (Å²) in [5.41, 5.74) is 1.03. The van der Waals surface area contributed by atoms with E-state index in [2.05, 4.69) is 10.1 Å². The molecule has 1 amide bonds. The molecule has 150 valence electrons. The van der Waals surface area contributed by atoms with Crippen molar-refractivity contribution in [1.29, 1.82) is 0 Å². The molecular formula is C21H20FN3O4. The van der Waals surface area contributed by atoms with Crippen molar-refractivity contribution in [2.24, 2.45) is 0 Å². The predicted molar refractivity (Wildman–Crippen MR) is 101 cm³/mol. The number of aryl methyl sites for hydroxylation is 1. The molecule has 0 unspecified atom stereocenters. The first-order chi connectivity index (χ1) is 14.1. The summed E-state index contributed by atoms with van der Waals surface area (Å²) in [7, 11) is 0. The van der Waals surface area contributed by atoms with Gasteiger partial charge in [-0.15, -0.1) is 0 Å². The lowest BCUT2D eigenvalue weighted by molar-refractivity contribution is -0.138. The highest BCUT2D eigenvalue weighted by molar-refractivity contribution is 5.78. The molecule has 2 aromatic carbocycles. The summed E-state index contributed by atoms with van der Waals surface area (Å²) in [6, 6.07) is 13.3. The maximum Gasteiger partial charge on any atom is 0.264 e. The molecular weight excluding hydrogens is 377 g/mol. The average Bonchev–Trinajstić information content (AvgIpc) is 3.14. The van der Waals surface area contributed by atoms with Gasteiger partial charge in [-0.1, -0.05) is 23.4 Å². The zero-order valence-corrected chi connectivity index (χ0v) is 15.9. The largest absolute Gasteiger partial charge is 0.484 e. The molecule has 0 N–H and O–H groups in total. The number of benzene rings is 2. The molecule has 7 nitrogen and oxygen atoms in total. The smallest absolute Gasteiger partial charge is 0.264 e. The van der Waals surface area contributed by atoms with Crippen LogP contribution in [-0.4, -0.2) is 40.6 Å². The van der Waals surface area contributed by atoms with Crippen molar-refractivity contribution in [3.8, 4) is 11.5 Å². The second-order valence-corrected chi connectivity index (χ2v) is 6.84. The first-order valence-corrected chi connectivity index (χ1v) is 9.25. The minimum Gasteiger partial charge on any atom is -0.484 e. The second-order valence-electron chi connectivity index (χ2n) is 6.84. The van der Waals surface area contributed by atoms with E-state index < -0.39 is 0 Å². The summed E-state index contributed by atoms with van der Waals surface area (Å²) in [6.45, 7) is 3.07. The Morgan fingerprint density at radius 2 is 1.93 bits per heavy atom. The maximum absolute atomic E-state index is 12.9. The second kappa shape index (κ2) is 8.30. The van der Waals surface area contributed by atoms with E-state index in [0.717, 1.165) is 11.3 Å². The van der Waals surface area contributed by atoms with Crippen molar-refractivity contribution in [3.05, 3.63) is 71.6 Å². The van der Waals surface area contributed by atoms with Crippen LogP contribution >= 0.6 is 0 Å². The van der Waals surface area contributed by atoms with Crippen molar-refractivity contribution in [2.45, 2.75) is 19.4 Å². The van der Waals surface area contributed by atoms with Gasteiger partial charge in [0.05, 0.1) is 5.92 Å². The number of hydrogen-bond donors (Lipinski definition) is 0. The summed E-state index contributed by atoms with van der Waals surface area (Å²) in [5.74, 6) is 1.72. The number of nitrogens with zero attached hydrogens (tertiary/aromatic N) is 3. The Balaban J connectivity index is 1.23. The molecule has 0 bridgehead atoms. The molecule has 2 heterocycles. The Morgan fingerprint density at radius 1 is 1.17 bits per heavy atom. The highest BCUT2D eigenvalue weighted by atomic mass is 19.1. The number of aromatic nitrogens is 2. The molecule has 0 saturated carbocycles. The summed E-state index contributed by atoms with van der Waals surface area (Å²) in [6.07, 6.45) is 0. The van der Waals surface area contributed by atoms with E-state index in [-0.39, 0.29) is 30.9 Å². The Labute approximate surface area is 167 Å². The lowest BCUT2D eigenvalue weighted by Gasteiger charge is -2.37. The van der Waals surface area contributed by atoms with Crippen molar-refractivity contribution < 1.29 is 23.2 Å². The summed E-state index contributed by atoms with van der Waals surface area (Å²) < 4.78 is 29.2. The van der Waals surface area contributed by atoms with Crippen LogP contribution in [0.3, 0.4) is 0 Å². The van der Waals surface area contributed by atoms with E-state index in [1.165, 1.54) is 24.3 Å². The van der Waals surface area contributed by atoms with Gasteiger partial charge in [0.2, 0.25) is 0 Å². The summed E-state index contributed by atoms with van der Waals surface area (Å²) >= 11 is 0. The van der Waals surface area contributed by atoms with Gasteiger partial charge in [-0.25, -0.2) is 4.39 Å². The van der Waals surface area contributed by atoms with Crippen LogP contribution in [0, 0.1) is 12.7 Å². The average molecular weight is 397 g/mol. The third kappa shape index (κ3) is 4.53. The Kier molecular flexibility index (Phi) is 5.41. The number of ether oxygens (including phenoxy) is 2. The molecule has 3 aromatic rings. The van der Waals surface area contributed by atoms with E-state index in [0.29, 0.717) is 30.6 Å². The quantitative estimate of drug-likeness (QED) is 0.610. The van der Waals surface area contributed by atoms with Gasteiger partial charge in [-0.3, -0.25) is 4.79 Å². The number of carbonyl (C=O) groups is 1. The van der Waals surface area contributed by atoms with Crippen molar-refractivity contribution in [3.63, 3.8) is 0 Å². The SMILES string of the molecule is Cc1ccccc1OCc1nc(C2CN(C(=O)COc3ccc(F)cc3)C2)no1. The molecule has 8 heteroatoms. The van der Waals surface area contributed by atoms with Crippen LogP contribution in [-0.2, 0) is 11.4 Å². The minimum atomic E-state index is -0.349. The lowest BCUT2D eigenvalue weighted by Crippen LogP contribution is -2.50. The topological polar surface area (TPSA) is 77.7 Å². The number of likely N-dealkylation sites (tertiary alicyclic amines) is 1. The van der Waals surface area contributed by atoms with Crippen LogP contribution < -0.4 is 9.47 Å². The molecule has 0 atom stereocenters. The standard InChI is InChI=1S/C21H20FN3O4/c1-14-4-2-3-5-18(14)28-12-19-23-21(24-29-19)15-10-25(11-15)20(26)13-27-17-8-6-16(22)7-9-17/h2-9,15H,10-13H2,1H3. The monoisotopic (exact) mass is 397 g/mol. The van der Waals surface area contributed by atoms with Crippen LogP contribution in [0.15, 0.2) is 53.1 Å². The highest BCUT2D eigenvalue weighted by Gasteiger charge is 2.35. The maximum atomic E-state index is 12.9. The van der Waals surface area contributed by atoms with E-state index in [4.69, 9.17) is 14.0 Å². The first-order valence-electron chi connectivity index (χ1n) is 9.25. The van der Waals surface area contributed by atoms with E-state index >= 15 is 0 Å². The van der Waals surface area contributed by atoms with Crippen LogP contribution in [0.2, 0.25) is 0 Å². The molecule has 1 fully saturated rings. The van der Waals surface area contributed by atoms with E-state index in [1.54, 1.807) is 4.90 Å². The van der Waals surface area contributed by atoms with Crippen molar-refractivity contribution in [2.75, 3.05) is 19.7 Å². The van der Waals surface area contributed by atoms with Gasteiger partial charge in [0.1, 0.15) is 17.3 Å².